The molecule has 1 aromatic carbocycles. The summed E-state index contributed by atoms with van der Waals surface area (Å²) in [7, 11) is 1.70. The first-order chi connectivity index (χ1) is 12.4. The minimum Gasteiger partial charge on any atom is -0.325 e. The molecule has 2 heterocycles. The highest BCUT2D eigenvalue weighted by Crippen LogP contribution is 2.28. The zero-order valence-corrected chi connectivity index (χ0v) is 13.4. The Morgan fingerprint density at radius 2 is 2.04 bits per heavy atom. The van der Waals surface area contributed by atoms with Crippen LogP contribution in [0.4, 0.5) is 11.4 Å². The van der Waals surface area contributed by atoms with Gasteiger partial charge in [0.25, 0.3) is 11.4 Å². The molecular formula is C16H10N6O4. The van der Waals surface area contributed by atoms with Crippen LogP contribution in [-0.2, 0) is 7.05 Å². The Balaban J connectivity index is 2.18. The molecule has 3 rings (SSSR count). The molecule has 0 radical (unpaired) electrons. The number of aromatic nitrogens is 3. The highest BCUT2D eigenvalue weighted by atomic mass is 16.6. The molecule has 0 atom stereocenters. The van der Waals surface area contributed by atoms with Crippen molar-refractivity contribution in [2.75, 3.05) is 0 Å². The molecule has 0 saturated heterocycles. The lowest BCUT2D eigenvalue weighted by Crippen LogP contribution is -1.98. The van der Waals surface area contributed by atoms with E-state index >= 15 is 0 Å². The summed E-state index contributed by atoms with van der Waals surface area (Å²) in [5.74, 6) is 0.286. The van der Waals surface area contributed by atoms with Gasteiger partial charge in [-0.3, -0.25) is 20.2 Å². The largest absolute Gasteiger partial charge is 0.325 e. The van der Waals surface area contributed by atoms with Crippen LogP contribution in [-0.4, -0.2) is 24.4 Å². The van der Waals surface area contributed by atoms with Gasteiger partial charge in [-0.25, -0.2) is 9.97 Å². The highest BCUT2D eigenvalue weighted by molar-refractivity contribution is 5.91. The number of nitriles is 1. The van der Waals surface area contributed by atoms with Crippen LogP contribution in [0.3, 0.4) is 0 Å². The molecular weight excluding hydrogens is 340 g/mol. The summed E-state index contributed by atoms with van der Waals surface area (Å²) in [5, 5.41) is 31.6. The van der Waals surface area contributed by atoms with E-state index in [-0.39, 0.29) is 17.0 Å². The minimum atomic E-state index is -0.732. The predicted molar refractivity (Wildman–Crippen MR) is 91.7 cm³/mol. The Labute approximate surface area is 145 Å². The zero-order chi connectivity index (χ0) is 18.8. The molecule has 0 bridgehead atoms. The second kappa shape index (κ2) is 6.40. The van der Waals surface area contributed by atoms with Crippen molar-refractivity contribution in [3.63, 3.8) is 0 Å². The minimum absolute atomic E-state index is 0.0668. The number of benzene rings is 1. The van der Waals surface area contributed by atoms with E-state index in [1.807, 2.05) is 6.07 Å². The first-order valence-electron chi connectivity index (χ1n) is 7.25. The second-order valence-corrected chi connectivity index (χ2v) is 5.27. The summed E-state index contributed by atoms with van der Waals surface area (Å²) in [6.45, 7) is 0. The van der Waals surface area contributed by atoms with Crippen molar-refractivity contribution in [1.29, 1.82) is 5.26 Å². The molecule has 0 aliphatic rings. The van der Waals surface area contributed by atoms with E-state index in [1.54, 1.807) is 29.9 Å². The Kier molecular flexibility index (Phi) is 4.12. The number of nitrogens with zero attached hydrogens (tertiary/aromatic N) is 6. The molecule has 3 aromatic rings. The molecule has 2 aromatic heterocycles. The second-order valence-electron chi connectivity index (χ2n) is 5.27. The number of allylic oxidation sites excluding steroid dienone is 1. The molecule has 128 valence electrons. The van der Waals surface area contributed by atoms with E-state index in [0.29, 0.717) is 11.2 Å². The summed E-state index contributed by atoms with van der Waals surface area (Å²) in [5.41, 5.74) is 0.397. The van der Waals surface area contributed by atoms with Crippen molar-refractivity contribution >= 4 is 34.2 Å². The molecule has 0 aliphatic carbocycles. The van der Waals surface area contributed by atoms with Crippen LogP contribution in [0.25, 0.3) is 22.8 Å². The third kappa shape index (κ3) is 2.84. The number of aryl methyl sites for hydroxylation is 1. The summed E-state index contributed by atoms with van der Waals surface area (Å²) in [6, 6.07) is 8.70. The van der Waals surface area contributed by atoms with Crippen molar-refractivity contribution in [2.45, 2.75) is 0 Å². The monoisotopic (exact) mass is 350 g/mol. The van der Waals surface area contributed by atoms with Gasteiger partial charge in [-0.1, -0.05) is 0 Å². The molecule has 0 fully saturated rings. The number of rotatable bonds is 4. The fourth-order valence-electron chi connectivity index (χ4n) is 2.49. The van der Waals surface area contributed by atoms with Crippen LogP contribution in [0.1, 0.15) is 11.4 Å². The summed E-state index contributed by atoms with van der Waals surface area (Å²) >= 11 is 0. The molecule has 10 heteroatoms. The van der Waals surface area contributed by atoms with Gasteiger partial charge in [0.15, 0.2) is 11.5 Å². The number of non-ortho nitro benzene ring substituents is 1. The molecule has 10 nitrogen and oxygen atoms in total. The SMILES string of the molecule is Cn1c(/C(C#N)=C\c2ccc([N+](=O)[O-])cc2[N+](=O)[O-])nc2ncccc21. The maximum atomic E-state index is 11.3. The third-order valence-electron chi connectivity index (χ3n) is 3.74. The van der Waals surface area contributed by atoms with Crippen LogP contribution in [0, 0.1) is 31.6 Å². The van der Waals surface area contributed by atoms with Gasteiger partial charge >= 0.3 is 0 Å². The number of pyridine rings is 1. The lowest BCUT2D eigenvalue weighted by Gasteiger charge is -2.02. The van der Waals surface area contributed by atoms with Crippen LogP contribution in [0.2, 0.25) is 0 Å². The Morgan fingerprint density at radius 1 is 1.27 bits per heavy atom. The number of nitro groups is 2. The molecule has 0 saturated carbocycles. The van der Waals surface area contributed by atoms with Gasteiger partial charge in [-0.2, -0.15) is 5.26 Å². The average Bonchev–Trinajstić information content (AvgIpc) is 2.96. The quantitative estimate of drug-likeness (QED) is 0.400. The van der Waals surface area contributed by atoms with E-state index in [2.05, 4.69) is 9.97 Å². The molecule has 0 spiro atoms. The van der Waals surface area contributed by atoms with Crippen molar-refractivity contribution < 1.29 is 9.85 Å². The van der Waals surface area contributed by atoms with Crippen LogP contribution in [0.5, 0.6) is 0 Å². The van der Waals surface area contributed by atoms with Crippen LogP contribution in [0.15, 0.2) is 36.5 Å². The maximum Gasteiger partial charge on any atom is 0.283 e. The summed E-state index contributed by atoms with van der Waals surface area (Å²) in [4.78, 5) is 29.0. The average molecular weight is 350 g/mol. The van der Waals surface area contributed by atoms with Crippen molar-refractivity contribution in [3.8, 4) is 6.07 Å². The Hall–Kier alpha value is -4.13. The van der Waals surface area contributed by atoms with Gasteiger partial charge < -0.3 is 4.57 Å². The molecule has 0 N–H and O–H groups in total. The fraction of sp³-hybridized carbons (Fsp3) is 0.0625. The Bertz CT molecular complexity index is 1130. The number of nitro benzene ring substituents is 2. The van der Waals surface area contributed by atoms with Crippen molar-refractivity contribution in [1.82, 2.24) is 14.5 Å². The molecule has 0 unspecified atom stereocenters. The fourth-order valence-corrected chi connectivity index (χ4v) is 2.49. The van der Waals surface area contributed by atoms with Crippen molar-refractivity contribution in [2.24, 2.45) is 7.05 Å². The molecule has 26 heavy (non-hydrogen) atoms. The maximum absolute atomic E-state index is 11.3. The molecule has 0 aliphatic heterocycles. The van der Waals surface area contributed by atoms with Gasteiger partial charge in [0.1, 0.15) is 6.07 Å². The zero-order valence-electron chi connectivity index (χ0n) is 13.4. The standard InChI is InChI=1S/C16H10N6O4/c1-20-13-3-2-6-18-15(13)19-16(20)11(9-17)7-10-4-5-12(21(23)24)8-14(10)22(25)26/h2-8H,1H3/b11-7-. The highest BCUT2D eigenvalue weighted by Gasteiger charge is 2.20. The van der Waals surface area contributed by atoms with Gasteiger partial charge in [0.2, 0.25) is 0 Å². The lowest BCUT2D eigenvalue weighted by atomic mass is 10.1. The lowest BCUT2D eigenvalue weighted by molar-refractivity contribution is -0.394. The first kappa shape index (κ1) is 16.7. The van der Waals surface area contributed by atoms with Crippen LogP contribution < -0.4 is 0 Å². The van der Waals surface area contributed by atoms with E-state index in [9.17, 15) is 25.5 Å². The van der Waals surface area contributed by atoms with E-state index in [4.69, 9.17) is 0 Å². The van der Waals surface area contributed by atoms with Crippen molar-refractivity contribution in [3.05, 3.63) is 68.1 Å². The number of hydrogen-bond donors (Lipinski definition) is 0. The number of fused-ring (bicyclic) bond motifs is 1. The first-order valence-corrected chi connectivity index (χ1v) is 7.25. The van der Waals surface area contributed by atoms with E-state index in [0.717, 1.165) is 12.1 Å². The van der Waals surface area contributed by atoms with Gasteiger partial charge in [-0.05, 0) is 24.3 Å². The van der Waals surface area contributed by atoms with Gasteiger partial charge in [0, 0.05) is 19.3 Å². The van der Waals surface area contributed by atoms with Gasteiger partial charge in [-0.15, -0.1) is 0 Å². The molecule has 0 amide bonds. The van der Waals surface area contributed by atoms with Gasteiger partial charge in [0.05, 0.1) is 32.6 Å². The normalized spacial score (nSPS) is 11.3. The predicted octanol–water partition coefficient (Wildman–Crippen LogP) is 2.85. The van der Waals surface area contributed by atoms with E-state index < -0.39 is 21.2 Å². The topological polar surface area (TPSA) is 141 Å². The smallest absolute Gasteiger partial charge is 0.283 e. The number of hydrogen-bond acceptors (Lipinski definition) is 7. The van der Waals surface area contributed by atoms with Crippen LogP contribution >= 0.6 is 0 Å². The summed E-state index contributed by atoms with van der Waals surface area (Å²) in [6.07, 6.45) is 2.85. The number of imidazole rings is 1. The summed E-state index contributed by atoms with van der Waals surface area (Å²) < 4.78 is 1.65. The van der Waals surface area contributed by atoms with E-state index in [1.165, 1.54) is 12.1 Å². The third-order valence-corrected chi connectivity index (χ3v) is 3.74. The Morgan fingerprint density at radius 3 is 2.65 bits per heavy atom.